The van der Waals surface area contributed by atoms with Crippen molar-refractivity contribution in [1.82, 2.24) is 9.97 Å². The first-order valence-corrected chi connectivity index (χ1v) is 14.1. The quantitative estimate of drug-likeness (QED) is 0.128. The number of methoxy groups -OCH3 is 2. The van der Waals surface area contributed by atoms with Crippen molar-refractivity contribution < 1.29 is 48.3 Å². The van der Waals surface area contributed by atoms with Crippen molar-refractivity contribution in [3.8, 4) is 23.3 Å². The van der Waals surface area contributed by atoms with E-state index < -0.39 is 11.9 Å². The third-order valence-electron chi connectivity index (χ3n) is 5.82. The molecule has 0 radical (unpaired) electrons. The summed E-state index contributed by atoms with van der Waals surface area (Å²) in [6.45, 7) is 4.02. The summed E-state index contributed by atoms with van der Waals surface area (Å²) in [5.74, 6) is -1.57. The van der Waals surface area contributed by atoms with E-state index in [1.807, 2.05) is 0 Å². The first-order valence-electron chi connectivity index (χ1n) is 12.5. The minimum Gasteiger partial charge on any atom is -0.491 e. The molecule has 4 aromatic heterocycles. The molecular formula is C28H26N2O10S2. The summed E-state index contributed by atoms with van der Waals surface area (Å²) in [7, 11) is 2.92. The maximum atomic E-state index is 12.3. The number of hydrogen-bond acceptors (Lipinski definition) is 12. The Balaban J connectivity index is 1.41. The largest absolute Gasteiger partial charge is 0.491 e. The van der Waals surface area contributed by atoms with Crippen LogP contribution in [0.15, 0.2) is 36.4 Å². The molecule has 0 aromatic carbocycles. The maximum Gasteiger partial charge on any atom is 0.303 e. The molecule has 0 amide bonds. The molecule has 0 bridgehead atoms. The number of aliphatic carboxylic acids is 2. The monoisotopic (exact) mass is 614 g/mol. The minimum atomic E-state index is -1.04. The molecule has 0 atom stereocenters. The van der Waals surface area contributed by atoms with Gasteiger partial charge in [0.2, 0.25) is 0 Å². The van der Waals surface area contributed by atoms with Gasteiger partial charge in [-0.1, -0.05) is 6.58 Å². The summed E-state index contributed by atoms with van der Waals surface area (Å²) in [5, 5.41) is 17.7. The molecule has 0 spiro atoms. The molecule has 0 saturated carbocycles. The van der Waals surface area contributed by atoms with Crippen molar-refractivity contribution in [2.45, 2.75) is 25.7 Å². The molecule has 2 N–H and O–H groups in total. The van der Waals surface area contributed by atoms with Crippen LogP contribution < -0.4 is 18.9 Å². The van der Waals surface area contributed by atoms with E-state index in [9.17, 15) is 19.2 Å². The SMILES string of the molecule is C=C(COc1nc2cc(C(=O)CCC(=O)O)sc2cc1OC)COc1nc2cc(C(=O)CCC(=O)O)sc2cc1OC. The standard InChI is InChI=1S/C28H26N2O10S2/c1-14(12-39-27-19(37-2)10-21-15(29-27)8-23(41-21)17(31)4-6-25(33)34)13-40-28-20(38-3)11-22-16(30-28)9-24(42-22)18(32)5-7-26(35)36/h8-11H,1,4-7,12-13H2,2-3H3,(H,33,34)(H,35,36). The fourth-order valence-corrected chi connectivity index (χ4v) is 5.70. The Hall–Kier alpha value is -4.56. The van der Waals surface area contributed by atoms with E-state index in [1.54, 1.807) is 24.3 Å². The average Bonchev–Trinajstić information content (AvgIpc) is 3.58. The van der Waals surface area contributed by atoms with Crippen molar-refractivity contribution in [2.75, 3.05) is 27.4 Å². The van der Waals surface area contributed by atoms with E-state index >= 15 is 0 Å². The highest BCUT2D eigenvalue weighted by Gasteiger charge is 2.18. The van der Waals surface area contributed by atoms with Gasteiger partial charge in [-0.2, -0.15) is 0 Å². The van der Waals surface area contributed by atoms with Gasteiger partial charge < -0.3 is 29.2 Å². The molecule has 42 heavy (non-hydrogen) atoms. The number of pyridine rings is 2. The van der Waals surface area contributed by atoms with Gasteiger partial charge in [-0.05, 0) is 17.7 Å². The minimum absolute atomic E-state index is 0.0225. The van der Waals surface area contributed by atoms with Crippen LogP contribution in [0.5, 0.6) is 23.3 Å². The molecule has 4 heterocycles. The molecule has 14 heteroatoms. The summed E-state index contributed by atoms with van der Waals surface area (Å²) >= 11 is 2.40. The summed E-state index contributed by atoms with van der Waals surface area (Å²) in [5.41, 5.74) is 1.55. The molecule has 4 rings (SSSR count). The van der Waals surface area contributed by atoms with Gasteiger partial charge in [0, 0.05) is 25.0 Å². The zero-order valence-electron chi connectivity index (χ0n) is 22.6. The van der Waals surface area contributed by atoms with Gasteiger partial charge in [0.15, 0.2) is 23.1 Å². The Morgan fingerprint density at radius 1 is 0.714 bits per heavy atom. The topological polar surface area (TPSA) is 171 Å². The van der Waals surface area contributed by atoms with Gasteiger partial charge in [0.1, 0.15) is 13.2 Å². The van der Waals surface area contributed by atoms with E-state index in [0.29, 0.717) is 47.3 Å². The first-order chi connectivity index (χ1) is 20.1. The van der Waals surface area contributed by atoms with Crippen molar-refractivity contribution in [2.24, 2.45) is 0 Å². The van der Waals surface area contributed by atoms with E-state index in [2.05, 4.69) is 16.5 Å². The predicted molar refractivity (Wildman–Crippen MR) is 155 cm³/mol. The normalized spacial score (nSPS) is 10.9. The Morgan fingerprint density at radius 2 is 1.12 bits per heavy atom. The van der Waals surface area contributed by atoms with Crippen LogP contribution >= 0.6 is 22.7 Å². The molecule has 220 valence electrons. The molecule has 0 aliphatic carbocycles. The van der Waals surface area contributed by atoms with Gasteiger partial charge in [-0.15, -0.1) is 22.7 Å². The second kappa shape index (κ2) is 13.4. The highest BCUT2D eigenvalue weighted by atomic mass is 32.1. The van der Waals surface area contributed by atoms with Crippen molar-refractivity contribution >= 4 is 66.6 Å². The fraction of sp³-hybridized carbons (Fsp3) is 0.286. The van der Waals surface area contributed by atoms with Crippen molar-refractivity contribution in [3.05, 3.63) is 46.2 Å². The summed E-state index contributed by atoms with van der Waals surface area (Å²) in [6.07, 6.45) is -0.707. The lowest BCUT2D eigenvalue weighted by Crippen LogP contribution is -2.10. The van der Waals surface area contributed by atoms with Crippen LogP contribution in [0.4, 0.5) is 0 Å². The number of ether oxygens (including phenoxy) is 4. The van der Waals surface area contributed by atoms with Crippen molar-refractivity contribution in [3.63, 3.8) is 0 Å². The van der Waals surface area contributed by atoms with Gasteiger partial charge in [0.05, 0.1) is 57.2 Å². The number of hydrogen-bond donors (Lipinski definition) is 2. The zero-order valence-corrected chi connectivity index (χ0v) is 24.3. The van der Waals surface area contributed by atoms with Crippen LogP contribution in [0.1, 0.15) is 45.0 Å². The Bertz CT molecular complexity index is 1570. The Morgan fingerprint density at radius 3 is 1.48 bits per heavy atom. The smallest absolute Gasteiger partial charge is 0.303 e. The van der Waals surface area contributed by atoms with Crippen LogP contribution in [0, 0.1) is 0 Å². The molecule has 0 saturated heterocycles. The van der Waals surface area contributed by atoms with Crippen molar-refractivity contribution in [1.29, 1.82) is 0 Å². The lowest BCUT2D eigenvalue weighted by atomic mass is 10.2. The van der Waals surface area contributed by atoms with Gasteiger partial charge >= 0.3 is 11.9 Å². The van der Waals surface area contributed by atoms with E-state index in [-0.39, 0.29) is 62.2 Å². The van der Waals surface area contributed by atoms with E-state index in [0.717, 1.165) is 0 Å². The molecular weight excluding hydrogens is 588 g/mol. The maximum absolute atomic E-state index is 12.3. The summed E-state index contributed by atoms with van der Waals surface area (Å²) in [6, 6.07) is 6.58. The molecule has 4 aromatic rings. The number of carbonyl (C=O) groups excluding carboxylic acids is 2. The first kappa shape index (κ1) is 30.4. The molecule has 12 nitrogen and oxygen atoms in total. The fourth-order valence-electron chi connectivity index (χ4n) is 3.71. The number of fused-ring (bicyclic) bond motifs is 2. The Kier molecular flexibility index (Phi) is 9.70. The van der Waals surface area contributed by atoms with Gasteiger partial charge in [0.25, 0.3) is 11.8 Å². The lowest BCUT2D eigenvalue weighted by molar-refractivity contribution is -0.137. The molecule has 0 aliphatic rings. The number of thiophene rings is 2. The number of ketones is 2. The van der Waals surface area contributed by atoms with Crippen LogP contribution in [0.25, 0.3) is 20.4 Å². The van der Waals surface area contributed by atoms with Gasteiger partial charge in [-0.3, -0.25) is 19.2 Å². The van der Waals surface area contributed by atoms with Gasteiger partial charge in [-0.25, -0.2) is 9.97 Å². The highest BCUT2D eigenvalue weighted by Crippen LogP contribution is 2.36. The number of rotatable bonds is 16. The average molecular weight is 615 g/mol. The molecule has 0 aliphatic heterocycles. The second-order valence-electron chi connectivity index (χ2n) is 8.94. The zero-order chi connectivity index (χ0) is 30.4. The predicted octanol–water partition coefficient (Wildman–Crippen LogP) is 5.03. The number of Topliss-reactive ketones (excluding diaryl/α,β-unsaturated/α-hetero) is 2. The van der Waals surface area contributed by atoms with Crippen LogP contribution in [-0.4, -0.2) is 71.1 Å². The number of aromatic nitrogens is 2. The Labute approximate surface area is 247 Å². The molecule has 0 unspecified atom stereocenters. The summed E-state index contributed by atoms with van der Waals surface area (Å²) < 4.78 is 23.8. The van der Waals surface area contributed by atoms with Crippen LogP contribution in [0.2, 0.25) is 0 Å². The van der Waals surface area contributed by atoms with Crippen LogP contribution in [0.3, 0.4) is 0 Å². The van der Waals surface area contributed by atoms with Crippen LogP contribution in [-0.2, 0) is 9.59 Å². The highest BCUT2D eigenvalue weighted by molar-refractivity contribution is 7.21. The number of carboxylic acids is 2. The lowest BCUT2D eigenvalue weighted by Gasteiger charge is -2.13. The van der Waals surface area contributed by atoms with E-state index in [4.69, 9.17) is 29.2 Å². The second-order valence-corrected chi connectivity index (χ2v) is 11.1. The number of carbonyl (C=O) groups is 4. The third-order valence-corrected chi connectivity index (χ3v) is 8.04. The third kappa shape index (κ3) is 7.39. The van der Waals surface area contributed by atoms with E-state index in [1.165, 1.54) is 36.9 Å². The number of carboxylic acid groups (broad SMARTS) is 2. The molecule has 0 fully saturated rings. The number of nitrogens with zero attached hydrogens (tertiary/aromatic N) is 2. The summed E-state index contributed by atoms with van der Waals surface area (Å²) in [4.78, 5) is 56.0.